The highest BCUT2D eigenvalue weighted by atomic mass is 19.1. The van der Waals surface area contributed by atoms with Crippen molar-refractivity contribution in [2.24, 2.45) is 0 Å². The molecule has 5 nitrogen and oxygen atoms in total. The van der Waals surface area contributed by atoms with Gasteiger partial charge in [-0.3, -0.25) is 4.79 Å². The third-order valence-corrected chi connectivity index (χ3v) is 2.96. The van der Waals surface area contributed by atoms with Crippen molar-refractivity contribution in [1.82, 2.24) is 10.3 Å². The van der Waals surface area contributed by atoms with E-state index in [4.69, 9.17) is 0 Å². The van der Waals surface area contributed by atoms with Gasteiger partial charge in [-0.25, -0.2) is 4.98 Å². The smallest absolute Gasteiger partial charge is 0.248 e. The molecule has 1 aromatic rings. The summed E-state index contributed by atoms with van der Waals surface area (Å²) in [7, 11) is 0. The topological polar surface area (TPSA) is 57.3 Å². The number of rotatable bonds is 0. The normalized spacial score (nSPS) is 23.4. The Morgan fingerprint density at radius 3 is 3.31 bits per heavy atom. The average Bonchev–Trinajstić information content (AvgIpc) is 2.31. The molecule has 0 bridgehead atoms. The number of nitrogens with one attached hydrogen (secondary N) is 2. The predicted molar refractivity (Wildman–Crippen MR) is 56.8 cm³/mol. The summed E-state index contributed by atoms with van der Waals surface area (Å²) < 4.78 is 13.1. The van der Waals surface area contributed by atoms with Gasteiger partial charge in [0.05, 0.1) is 17.6 Å². The number of anilines is 2. The van der Waals surface area contributed by atoms with Crippen molar-refractivity contribution in [3.63, 3.8) is 0 Å². The molecule has 1 atom stereocenters. The quantitative estimate of drug-likeness (QED) is 0.604. The fraction of sp³-hybridized carbons (Fsp3) is 0.400. The molecule has 0 spiro atoms. The number of halogens is 1. The largest absolute Gasteiger partial charge is 0.355 e. The Morgan fingerprint density at radius 1 is 1.56 bits per heavy atom. The van der Waals surface area contributed by atoms with E-state index in [0.717, 1.165) is 12.2 Å². The van der Waals surface area contributed by atoms with Crippen molar-refractivity contribution in [1.29, 1.82) is 0 Å². The van der Waals surface area contributed by atoms with E-state index in [1.54, 1.807) is 0 Å². The second kappa shape index (κ2) is 3.41. The van der Waals surface area contributed by atoms with Crippen molar-refractivity contribution < 1.29 is 9.18 Å². The van der Waals surface area contributed by atoms with Gasteiger partial charge in [0.25, 0.3) is 0 Å². The molecule has 1 fully saturated rings. The van der Waals surface area contributed by atoms with Gasteiger partial charge in [0.2, 0.25) is 11.9 Å². The summed E-state index contributed by atoms with van der Waals surface area (Å²) in [4.78, 5) is 17.2. The molecule has 16 heavy (non-hydrogen) atoms. The van der Waals surface area contributed by atoms with E-state index in [9.17, 15) is 9.18 Å². The molecule has 2 N–H and O–H groups in total. The van der Waals surface area contributed by atoms with Crippen molar-refractivity contribution >= 4 is 17.3 Å². The molecule has 1 amide bonds. The maximum absolute atomic E-state index is 13.1. The van der Waals surface area contributed by atoms with Crippen LogP contribution in [0.2, 0.25) is 0 Å². The fourth-order valence-corrected chi connectivity index (χ4v) is 2.20. The van der Waals surface area contributed by atoms with Crippen LogP contribution in [0.1, 0.15) is 0 Å². The lowest BCUT2D eigenvalue weighted by Gasteiger charge is -2.40. The van der Waals surface area contributed by atoms with Gasteiger partial charge in [0.1, 0.15) is 6.04 Å². The lowest BCUT2D eigenvalue weighted by atomic mass is 10.1. The summed E-state index contributed by atoms with van der Waals surface area (Å²) in [6.07, 6.45) is 1.36. The van der Waals surface area contributed by atoms with Crippen LogP contribution in [0.5, 0.6) is 0 Å². The monoisotopic (exact) mass is 222 g/mol. The van der Waals surface area contributed by atoms with Crippen LogP contribution in [0.25, 0.3) is 0 Å². The molecular formula is C10H11FN4O. The number of hydrogen-bond donors (Lipinski definition) is 2. The SMILES string of the molecule is O=C1Nc2cnc(F)cc2N2CCNCC12. The Morgan fingerprint density at radius 2 is 2.44 bits per heavy atom. The van der Waals surface area contributed by atoms with Crippen LogP contribution in [0.15, 0.2) is 12.3 Å². The van der Waals surface area contributed by atoms with Gasteiger partial charge in [-0.2, -0.15) is 4.39 Å². The summed E-state index contributed by atoms with van der Waals surface area (Å²) in [5.74, 6) is -0.583. The number of carbonyl (C=O) groups excluding carboxylic acids is 1. The van der Waals surface area contributed by atoms with Crippen LogP contribution in [-0.2, 0) is 4.79 Å². The lowest BCUT2D eigenvalue weighted by molar-refractivity contribution is -0.117. The number of aromatic nitrogens is 1. The predicted octanol–water partition coefficient (Wildman–Crippen LogP) is -0.0490. The van der Waals surface area contributed by atoms with Gasteiger partial charge in [0, 0.05) is 25.7 Å². The van der Waals surface area contributed by atoms with E-state index in [0.29, 0.717) is 18.8 Å². The molecule has 6 heteroatoms. The highest BCUT2D eigenvalue weighted by Gasteiger charge is 2.34. The first-order valence-corrected chi connectivity index (χ1v) is 5.19. The molecule has 2 aliphatic rings. The van der Waals surface area contributed by atoms with Gasteiger partial charge in [-0.1, -0.05) is 0 Å². The summed E-state index contributed by atoms with van der Waals surface area (Å²) in [6.45, 7) is 2.09. The Labute approximate surface area is 91.7 Å². The molecule has 1 unspecified atom stereocenters. The molecule has 0 saturated carbocycles. The Kier molecular flexibility index (Phi) is 2.03. The number of hydrogen-bond acceptors (Lipinski definition) is 4. The third-order valence-electron chi connectivity index (χ3n) is 2.96. The minimum Gasteiger partial charge on any atom is -0.355 e. The molecule has 0 aromatic carbocycles. The standard InChI is InChI=1S/C10H11FN4O/c11-9-3-7-6(4-13-9)14-10(16)8-5-12-1-2-15(7)8/h3-4,8,12H,1-2,5H2,(H,14,16). The van der Waals surface area contributed by atoms with Gasteiger partial charge in [-0.15, -0.1) is 0 Å². The highest BCUT2D eigenvalue weighted by molar-refractivity contribution is 6.03. The number of amides is 1. The number of nitrogens with zero attached hydrogens (tertiary/aromatic N) is 2. The summed E-state index contributed by atoms with van der Waals surface area (Å²) >= 11 is 0. The van der Waals surface area contributed by atoms with E-state index in [1.165, 1.54) is 12.3 Å². The molecular weight excluding hydrogens is 211 g/mol. The first-order valence-electron chi connectivity index (χ1n) is 5.19. The number of pyridine rings is 1. The van der Waals surface area contributed by atoms with E-state index in [-0.39, 0.29) is 11.9 Å². The minimum absolute atomic E-state index is 0.0619. The van der Waals surface area contributed by atoms with Gasteiger partial charge < -0.3 is 15.5 Å². The summed E-state index contributed by atoms with van der Waals surface area (Å²) in [6, 6.07) is 1.12. The first kappa shape index (κ1) is 9.53. The maximum Gasteiger partial charge on any atom is 0.248 e. The zero-order valence-electron chi connectivity index (χ0n) is 8.53. The molecule has 3 rings (SSSR count). The van der Waals surface area contributed by atoms with Crippen molar-refractivity contribution in [2.45, 2.75) is 6.04 Å². The van der Waals surface area contributed by atoms with E-state index in [1.807, 2.05) is 4.90 Å². The molecule has 3 heterocycles. The molecule has 0 radical (unpaired) electrons. The number of piperazine rings is 1. The fourth-order valence-electron chi connectivity index (χ4n) is 2.20. The second-order valence-electron chi connectivity index (χ2n) is 3.93. The molecule has 1 saturated heterocycles. The number of carbonyl (C=O) groups is 1. The van der Waals surface area contributed by atoms with Crippen LogP contribution >= 0.6 is 0 Å². The summed E-state index contributed by atoms with van der Waals surface area (Å²) in [5.41, 5.74) is 1.31. The molecule has 84 valence electrons. The Bertz CT molecular complexity index is 450. The van der Waals surface area contributed by atoms with Crippen molar-refractivity contribution in [3.05, 3.63) is 18.2 Å². The first-order chi connectivity index (χ1) is 7.75. The van der Waals surface area contributed by atoms with Crippen LogP contribution in [0, 0.1) is 5.95 Å². The zero-order chi connectivity index (χ0) is 11.1. The number of fused-ring (bicyclic) bond motifs is 3. The average molecular weight is 222 g/mol. The van der Waals surface area contributed by atoms with Gasteiger partial charge in [-0.05, 0) is 0 Å². The third kappa shape index (κ3) is 1.34. The molecule has 0 aliphatic carbocycles. The lowest BCUT2D eigenvalue weighted by Crippen LogP contribution is -2.58. The Balaban J connectivity index is 2.07. The van der Waals surface area contributed by atoms with Crippen LogP contribution in [0.4, 0.5) is 15.8 Å². The molecule has 2 aliphatic heterocycles. The van der Waals surface area contributed by atoms with E-state index in [2.05, 4.69) is 15.6 Å². The summed E-state index contributed by atoms with van der Waals surface area (Å²) in [5, 5.41) is 5.88. The Hall–Kier alpha value is -1.69. The minimum atomic E-state index is -0.521. The second-order valence-corrected chi connectivity index (χ2v) is 3.93. The maximum atomic E-state index is 13.1. The highest BCUT2D eigenvalue weighted by Crippen LogP contribution is 2.32. The van der Waals surface area contributed by atoms with Crippen molar-refractivity contribution in [3.8, 4) is 0 Å². The zero-order valence-corrected chi connectivity index (χ0v) is 8.53. The van der Waals surface area contributed by atoms with Crippen LogP contribution < -0.4 is 15.5 Å². The van der Waals surface area contributed by atoms with E-state index >= 15 is 0 Å². The van der Waals surface area contributed by atoms with Gasteiger partial charge >= 0.3 is 0 Å². The van der Waals surface area contributed by atoms with Crippen LogP contribution in [0.3, 0.4) is 0 Å². The molecule has 1 aromatic heterocycles. The van der Waals surface area contributed by atoms with E-state index < -0.39 is 5.95 Å². The van der Waals surface area contributed by atoms with Crippen LogP contribution in [-0.4, -0.2) is 36.6 Å². The van der Waals surface area contributed by atoms with Crippen molar-refractivity contribution in [2.75, 3.05) is 29.9 Å². The van der Waals surface area contributed by atoms with Gasteiger partial charge in [0.15, 0.2) is 0 Å².